The van der Waals surface area contributed by atoms with Crippen molar-refractivity contribution < 1.29 is 19.1 Å². The lowest BCUT2D eigenvalue weighted by atomic mass is 10.1. The Morgan fingerprint density at radius 1 is 1.25 bits per heavy atom. The molecule has 0 bridgehead atoms. The van der Waals surface area contributed by atoms with Crippen LogP contribution in [0.4, 0.5) is 5.69 Å². The number of ether oxygens (including phenoxy) is 1. The van der Waals surface area contributed by atoms with Gasteiger partial charge in [0.1, 0.15) is 0 Å². The molecule has 0 unspecified atom stereocenters. The summed E-state index contributed by atoms with van der Waals surface area (Å²) in [5.41, 5.74) is 1.79. The van der Waals surface area contributed by atoms with Gasteiger partial charge in [0.05, 0.1) is 10.8 Å². The van der Waals surface area contributed by atoms with Gasteiger partial charge in [-0.1, -0.05) is 24.3 Å². The van der Waals surface area contributed by atoms with Gasteiger partial charge >= 0.3 is 5.97 Å². The number of carbonyl (C=O) groups excluding carboxylic acids is 3. The minimum Gasteiger partial charge on any atom is -0.457 e. The predicted molar refractivity (Wildman–Crippen MR) is 91.2 cm³/mol. The average molecular weight is 343 g/mol. The highest BCUT2D eigenvalue weighted by molar-refractivity contribution is 7.12. The molecule has 2 heterocycles. The van der Waals surface area contributed by atoms with E-state index < -0.39 is 11.9 Å². The first-order valence-electron chi connectivity index (χ1n) is 7.65. The third-order valence-electron chi connectivity index (χ3n) is 4.01. The molecule has 0 radical (unpaired) electrons. The number of ketones is 1. The highest BCUT2D eigenvalue weighted by Gasteiger charge is 2.36. The standard InChI is InChI=1S/C18H17NO4S/c1-12-5-2-3-6-14(12)19-10-13(9-17(19)21)18(22)23-11-15(20)16-7-4-8-24-16/h2-8,13H,9-11H2,1H3/t13-/m0/s1. The summed E-state index contributed by atoms with van der Waals surface area (Å²) in [6.07, 6.45) is 0.111. The Hall–Kier alpha value is -2.47. The van der Waals surface area contributed by atoms with E-state index in [0.29, 0.717) is 4.88 Å². The van der Waals surface area contributed by atoms with E-state index >= 15 is 0 Å². The number of hydrogen-bond donors (Lipinski definition) is 0. The van der Waals surface area contributed by atoms with Crippen LogP contribution in [0.5, 0.6) is 0 Å². The molecule has 124 valence electrons. The van der Waals surface area contributed by atoms with E-state index in [-0.39, 0.29) is 31.3 Å². The fraction of sp³-hybridized carbons (Fsp3) is 0.278. The molecule has 0 saturated carbocycles. The van der Waals surface area contributed by atoms with Crippen molar-refractivity contribution in [2.75, 3.05) is 18.1 Å². The molecule has 2 aromatic rings. The monoisotopic (exact) mass is 343 g/mol. The molecule has 1 fully saturated rings. The normalized spacial score (nSPS) is 17.1. The number of para-hydroxylation sites is 1. The molecule has 1 aliphatic heterocycles. The summed E-state index contributed by atoms with van der Waals surface area (Å²) in [6, 6.07) is 11.0. The van der Waals surface area contributed by atoms with E-state index in [1.165, 1.54) is 11.3 Å². The third kappa shape index (κ3) is 3.38. The number of Topliss-reactive ketones (excluding diaryl/α,β-unsaturated/α-hetero) is 1. The van der Waals surface area contributed by atoms with Gasteiger partial charge in [0.25, 0.3) is 0 Å². The van der Waals surface area contributed by atoms with Crippen LogP contribution in [0.15, 0.2) is 41.8 Å². The van der Waals surface area contributed by atoms with Crippen LogP contribution >= 0.6 is 11.3 Å². The van der Waals surface area contributed by atoms with Crippen molar-refractivity contribution >= 4 is 34.7 Å². The first-order chi connectivity index (χ1) is 11.6. The lowest BCUT2D eigenvalue weighted by Crippen LogP contribution is -2.27. The average Bonchev–Trinajstić information content (AvgIpc) is 3.23. The van der Waals surface area contributed by atoms with Crippen molar-refractivity contribution in [3.05, 3.63) is 52.2 Å². The van der Waals surface area contributed by atoms with Gasteiger partial charge in [-0.05, 0) is 30.0 Å². The zero-order chi connectivity index (χ0) is 17.1. The van der Waals surface area contributed by atoms with Gasteiger partial charge in [-0.25, -0.2) is 0 Å². The van der Waals surface area contributed by atoms with Crippen LogP contribution in [-0.4, -0.2) is 30.8 Å². The topological polar surface area (TPSA) is 63.7 Å². The number of anilines is 1. The number of rotatable bonds is 5. The Morgan fingerprint density at radius 3 is 2.75 bits per heavy atom. The van der Waals surface area contributed by atoms with Gasteiger partial charge in [-0.3, -0.25) is 14.4 Å². The molecule has 1 amide bonds. The van der Waals surface area contributed by atoms with Crippen LogP contribution in [0.3, 0.4) is 0 Å². The molecule has 0 N–H and O–H groups in total. The second kappa shape index (κ2) is 6.97. The van der Waals surface area contributed by atoms with E-state index in [2.05, 4.69) is 0 Å². The summed E-state index contributed by atoms with van der Waals surface area (Å²) in [5.74, 6) is -1.35. The Bertz CT molecular complexity index is 769. The molecular weight excluding hydrogens is 326 g/mol. The maximum atomic E-state index is 12.2. The van der Waals surface area contributed by atoms with Gasteiger partial charge in [0.2, 0.25) is 11.7 Å². The largest absolute Gasteiger partial charge is 0.457 e. The number of carbonyl (C=O) groups is 3. The predicted octanol–water partition coefficient (Wildman–Crippen LogP) is 2.84. The van der Waals surface area contributed by atoms with Gasteiger partial charge in [0, 0.05) is 18.7 Å². The molecule has 6 heteroatoms. The smallest absolute Gasteiger partial charge is 0.311 e. The van der Waals surface area contributed by atoms with E-state index in [0.717, 1.165) is 11.3 Å². The molecule has 1 aliphatic rings. The van der Waals surface area contributed by atoms with Crippen molar-refractivity contribution in [3.8, 4) is 0 Å². The zero-order valence-electron chi connectivity index (χ0n) is 13.2. The molecule has 1 atom stereocenters. The van der Waals surface area contributed by atoms with Gasteiger partial charge in [0.15, 0.2) is 6.61 Å². The molecule has 1 aromatic heterocycles. The Balaban J connectivity index is 1.60. The maximum absolute atomic E-state index is 12.2. The first kappa shape index (κ1) is 16.4. The molecule has 1 saturated heterocycles. The molecule has 0 spiro atoms. The second-order valence-corrected chi connectivity index (χ2v) is 6.65. The van der Waals surface area contributed by atoms with Gasteiger partial charge < -0.3 is 9.64 Å². The van der Waals surface area contributed by atoms with Crippen LogP contribution in [0.1, 0.15) is 21.7 Å². The van der Waals surface area contributed by atoms with Crippen molar-refractivity contribution in [1.29, 1.82) is 0 Å². The van der Waals surface area contributed by atoms with Crippen LogP contribution in [0, 0.1) is 12.8 Å². The van der Waals surface area contributed by atoms with Crippen LogP contribution in [0.25, 0.3) is 0 Å². The SMILES string of the molecule is Cc1ccccc1N1C[C@@H](C(=O)OCC(=O)c2cccs2)CC1=O. The lowest BCUT2D eigenvalue weighted by Gasteiger charge is -2.18. The number of nitrogens with zero attached hydrogens (tertiary/aromatic N) is 1. The quantitative estimate of drug-likeness (QED) is 0.619. The summed E-state index contributed by atoms with van der Waals surface area (Å²) in [6.45, 7) is 1.93. The Morgan fingerprint density at radius 2 is 2.04 bits per heavy atom. The number of esters is 1. The Labute approximate surface area is 143 Å². The first-order valence-corrected chi connectivity index (χ1v) is 8.53. The van der Waals surface area contributed by atoms with E-state index in [9.17, 15) is 14.4 Å². The van der Waals surface area contributed by atoms with Crippen LogP contribution in [-0.2, 0) is 14.3 Å². The zero-order valence-corrected chi connectivity index (χ0v) is 14.0. The summed E-state index contributed by atoms with van der Waals surface area (Å²) in [7, 11) is 0. The summed E-state index contributed by atoms with van der Waals surface area (Å²) in [5, 5.41) is 1.80. The van der Waals surface area contributed by atoms with E-state index in [4.69, 9.17) is 4.74 Å². The number of aryl methyl sites for hydroxylation is 1. The van der Waals surface area contributed by atoms with Crippen molar-refractivity contribution in [2.45, 2.75) is 13.3 Å². The van der Waals surface area contributed by atoms with E-state index in [1.54, 1.807) is 22.4 Å². The third-order valence-corrected chi connectivity index (χ3v) is 4.92. The summed E-state index contributed by atoms with van der Waals surface area (Å²) >= 11 is 1.31. The molecule has 24 heavy (non-hydrogen) atoms. The highest BCUT2D eigenvalue weighted by Crippen LogP contribution is 2.28. The molecular formula is C18H17NO4S. The van der Waals surface area contributed by atoms with Crippen molar-refractivity contribution in [2.24, 2.45) is 5.92 Å². The van der Waals surface area contributed by atoms with Gasteiger partial charge in [-0.15, -0.1) is 11.3 Å². The molecule has 0 aliphatic carbocycles. The fourth-order valence-corrected chi connectivity index (χ4v) is 3.38. The van der Waals surface area contributed by atoms with Gasteiger partial charge in [-0.2, -0.15) is 0 Å². The second-order valence-electron chi connectivity index (χ2n) is 5.70. The lowest BCUT2D eigenvalue weighted by molar-refractivity contribution is -0.147. The summed E-state index contributed by atoms with van der Waals surface area (Å²) in [4.78, 5) is 38.4. The molecule has 1 aromatic carbocycles. The van der Waals surface area contributed by atoms with Crippen molar-refractivity contribution in [3.63, 3.8) is 0 Å². The number of thiophene rings is 1. The van der Waals surface area contributed by atoms with Crippen molar-refractivity contribution in [1.82, 2.24) is 0 Å². The summed E-state index contributed by atoms with van der Waals surface area (Å²) < 4.78 is 5.11. The fourth-order valence-electron chi connectivity index (χ4n) is 2.73. The minimum absolute atomic E-state index is 0.101. The van der Waals surface area contributed by atoms with Crippen LogP contribution < -0.4 is 4.90 Å². The Kier molecular flexibility index (Phi) is 4.76. The number of hydrogen-bond acceptors (Lipinski definition) is 5. The minimum atomic E-state index is -0.534. The number of amides is 1. The highest BCUT2D eigenvalue weighted by atomic mass is 32.1. The molecule has 3 rings (SSSR count). The number of benzene rings is 1. The maximum Gasteiger partial charge on any atom is 0.311 e. The van der Waals surface area contributed by atoms with Crippen LogP contribution in [0.2, 0.25) is 0 Å². The molecule has 5 nitrogen and oxygen atoms in total. The van der Waals surface area contributed by atoms with E-state index in [1.807, 2.05) is 31.2 Å².